The summed E-state index contributed by atoms with van der Waals surface area (Å²) in [6, 6.07) is 1.39. The summed E-state index contributed by atoms with van der Waals surface area (Å²) in [6.07, 6.45) is 2.60. The highest BCUT2D eigenvalue weighted by Gasteiger charge is 2.24. The number of carboxylic acids is 1. The molecule has 0 saturated carbocycles. The van der Waals surface area contributed by atoms with Crippen LogP contribution in [0.15, 0.2) is 16.7 Å². The molecule has 1 fully saturated rings. The summed E-state index contributed by atoms with van der Waals surface area (Å²) in [5.74, 6) is -1.31. The third-order valence-corrected chi connectivity index (χ3v) is 2.88. The molecule has 1 aromatic rings. The van der Waals surface area contributed by atoms with Gasteiger partial charge in [-0.2, -0.15) is 0 Å². The van der Waals surface area contributed by atoms with E-state index in [4.69, 9.17) is 15.3 Å². The van der Waals surface area contributed by atoms with E-state index in [2.05, 4.69) is 0 Å². The molecule has 0 radical (unpaired) electrons. The Balaban J connectivity index is 2.06. The number of amides is 1. The van der Waals surface area contributed by atoms with E-state index in [1.807, 2.05) is 0 Å². The molecule has 6 nitrogen and oxygen atoms in total. The molecule has 2 heterocycles. The van der Waals surface area contributed by atoms with Crippen LogP contribution in [-0.4, -0.2) is 41.0 Å². The highest BCUT2D eigenvalue weighted by molar-refractivity contribution is 5.95. The predicted octanol–water partition coefficient (Wildman–Crippen LogP) is 0.541. The number of hydrogen-bond acceptors (Lipinski definition) is 4. The number of carbonyl (C=O) groups is 2. The van der Waals surface area contributed by atoms with Crippen LogP contribution in [0.3, 0.4) is 0 Å². The van der Waals surface area contributed by atoms with Crippen molar-refractivity contribution in [3.8, 4) is 0 Å². The van der Waals surface area contributed by atoms with Crippen molar-refractivity contribution in [1.82, 2.24) is 4.90 Å². The lowest BCUT2D eigenvalue weighted by atomic mass is 10.1. The summed E-state index contributed by atoms with van der Waals surface area (Å²) in [5, 5.41) is 8.72. The van der Waals surface area contributed by atoms with Crippen LogP contribution in [0, 0.1) is 0 Å². The summed E-state index contributed by atoms with van der Waals surface area (Å²) in [7, 11) is 0. The first kappa shape index (κ1) is 11.7. The van der Waals surface area contributed by atoms with E-state index in [1.165, 1.54) is 6.07 Å². The van der Waals surface area contributed by atoms with Gasteiger partial charge in [-0.3, -0.25) is 4.79 Å². The summed E-state index contributed by atoms with van der Waals surface area (Å²) < 4.78 is 4.96. The van der Waals surface area contributed by atoms with Gasteiger partial charge in [-0.1, -0.05) is 0 Å². The fraction of sp³-hybridized carbons (Fsp3) is 0.455. The smallest absolute Gasteiger partial charge is 0.338 e. The molecule has 0 unspecified atom stereocenters. The van der Waals surface area contributed by atoms with Gasteiger partial charge < -0.3 is 20.2 Å². The van der Waals surface area contributed by atoms with E-state index >= 15 is 0 Å². The van der Waals surface area contributed by atoms with E-state index in [9.17, 15) is 9.59 Å². The minimum Gasteiger partial charge on any atom is -0.478 e. The summed E-state index contributed by atoms with van der Waals surface area (Å²) in [4.78, 5) is 24.2. The van der Waals surface area contributed by atoms with E-state index in [1.54, 1.807) is 4.90 Å². The van der Waals surface area contributed by atoms with E-state index in [0.29, 0.717) is 13.1 Å². The number of piperidine rings is 1. The lowest BCUT2D eigenvalue weighted by molar-refractivity contribution is 0.0678. The van der Waals surface area contributed by atoms with Gasteiger partial charge in [0, 0.05) is 25.2 Å². The largest absolute Gasteiger partial charge is 0.478 e. The Labute approximate surface area is 98.0 Å². The van der Waals surface area contributed by atoms with Gasteiger partial charge in [0.25, 0.3) is 5.91 Å². The topological polar surface area (TPSA) is 96.8 Å². The second-order valence-electron chi connectivity index (χ2n) is 4.13. The van der Waals surface area contributed by atoms with Crippen molar-refractivity contribution in [3.05, 3.63) is 23.7 Å². The number of likely N-dealkylation sites (tertiary alicyclic amines) is 1. The lowest BCUT2D eigenvalue weighted by Crippen LogP contribution is -2.42. The predicted molar refractivity (Wildman–Crippen MR) is 58.8 cm³/mol. The SMILES string of the molecule is NC1CCN(C(=O)c2cc(C(=O)O)co2)CC1. The molecule has 0 spiro atoms. The van der Waals surface area contributed by atoms with Crippen molar-refractivity contribution < 1.29 is 19.1 Å². The Morgan fingerprint density at radius 2 is 2.06 bits per heavy atom. The van der Waals surface area contributed by atoms with Crippen molar-refractivity contribution in [2.75, 3.05) is 13.1 Å². The lowest BCUT2D eigenvalue weighted by Gasteiger charge is -2.29. The van der Waals surface area contributed by atoms with Gasteiger partial charge in [-0.25, -0.2) is 4.79 Å². The van der Waals surface area contributed by atoms with Crippen LogP contribution in [0.5, 0.6) is 0 Å². The van der Waals surface area contributed by atoms with Gasteiger partial charge in [0.15, 0.2) is 5.76 Å². The first-order valence-electron chi connectivity index (χ1n) is 5.44. The van der Waals surface area contributed by atoms with E-state index in [-0.39, 0.29) is 23.3 Å². The van der Waals surface area contributed by atoms with Crippen LogP contribution in [0.1, 0.15) is 33.8 Å². The molecular weight excluding hydrogens is 224 g/mol. The molecule has 92 valence electrons. The molecule has 1 aliphatic rings. The fourth-order valence-corrected chi connectivity index (χ4v) is 1.82. The second-order valence-corrected chi connectivity index (χ2v) is 4.13. The summed E-state index contributed by atoms with van der Waals surface area (Å²) >= 11 is 0. The number of nitrogens with zero attached hydrogens (tertiary/aromatic N) is 1. The standard InChI is InChI=1S/C11H14N2O4/c12-8-1-3-13(4-2-8)10(14)9-5-7(6-17-9)11(15)16/h5-6,8H,1-4,12H2,(H,15,16). The first-order chi connectivity index (χ1) is 8.08. The fourth-order valence-electron chi connectivity index (χ4n) is 1.82. The molecule has 17 heavy (non-hydrogen) atoms. The molecule has 0 aliphatic carbocycles. The van der Waals surface area contributed by atoms with Crippen LogP contribution in [-0.2, 0) is 0 Å². The molecule has 0 atom stereocenters. The maximum absolute atomic E-state index is 11.9. The molecule has 0 aromatic carbocycles. The molecule has 1 aromatic heterocycles. The van der Waals surface area contributed by atoms with Crippen LogP contribution in [0.2, 0.25) is 0 Å². The maximum atomic E-state index is 11.9. The first-order valence-corrected chi connectivity index (χ1v) is 5.44. The highest BCUT2D eigenvalue weighted by atomic mass is 16.4. The molecule has 2 rings (SSSR count). The Hall–Kier alpha value is -1.82. The van der Waals surface area contributed by atoms with Crippen molar-refractivity contribution in [2.24, 2.45) is 5.73 Å². The number of carboxylic acid groups (broad SMARTS) is 1. The molecule has 1 saturated heterocycles. The Kier molecular flexibility index (Phi) is 3.14. The third kappa shape index (κ3) is 2.47. The monoisotopic (exact) mass is 238 g/mol. The average Bonchev–Trinajstić information content (AvgIpc) is 2.78. The number of aromatic carboxylic acids is 1. The second kappa shape index (κ2) is 4.58. The van der Waals surface area contributed by atoms with Crippen molar-refractivity contribution in [3.63, 3.8) is 0 Å². The zero-order valence-electron chi connectivity index (χ0n) is 9.26. The van der Waals surface area contributed by atoms with Crippen LogP contribution < -0.4 is 5.73 Å². The van der Waals surface area contributed by atoms with Crippen LogP contribution in [0.4, 0.5) is 0 Å². The Bertz CT molecular complexity index is 432. The van der Waals surface area contributed by atoms with Crippen LogP contribution >= 0.6 is 0 Å². The summed E-state index contributed by atoms with van der Waals surface area (Å²) in [5.41, 5.74) is 5.73. The van der Waals surface area contributed by atoms with Crippen molar-refractivity contribution >= 4 is 11.9 Å². The van der Waals surface area contributed by atoms with Gasteiger partial charge >= 0.3 is 5.97 Å². The molecule has 1 amide bonds. The molecule has 3 N–H and O–H groups in total. The number of nitrogens with two attached hydrogens (primary N) is 1. The van der Waals surface area contributed by atoms with Gasteiger partial charge in [0.1, 0.15) is 6.26 Å². The Morgan fingerprint density at radius 3 is 2.59 bits per heavy atom. The molecule has 0 bridgehead atoms. The number of hydrogen-bond donors (Lipinski definition) is 2. The molecule has 1 aliphatic heterocycles. The number of rotatable bonds is 2. The van der Waals surface area contributed by atoms with Gasteiger partial charge in [0.05, 0.1) is 5.56 Å². The Morgan fingerprint density at radius 1 is 1.41 bits per heavy atom. The zero-order chi connectivity index (χ0) is 12.4. The molecular formula is C11H14N2O4. The highest BCUT2D eigenvalue weighted by Crippen LogP contribution is 2.15. The van der Waals surface area contributed by atoms with Gasteiger partial charge in [-0.05, 0) is 12.8 Å². The quantitative estimate of drug-likeness (QED) is 0.783. The van der Waals surface area contributed by atoms with Gasteiger partial charge in [-0.15, -0.1) is 0 Å². The average molecular weight is 238 g/mol. The summed E-state index contributed by atoms with van der Waals surface area (Å²) in [6.45, 7) is 1.17. The van der Waals surface area contributed by atoms with Crippen molar-refractivity contribution in [2.45, 2.75) is 18.9 Å². The maximum Gasteiger partial charge on any atom is 0.338 e. The minimum atomic E-state index is -1.10. The third-order valence-electron chi connectivity index (χ3n) is 2.88. The van der Waals surface area contributed by atoms with E-state index < -0.39 is 5.97 Å². The number of furan rings is 1. The van der Waals surface area contributed by atoms with Crippen LogP contribution in [0.25, 0.3) is 0 Å². The normalized spacial score (nSPS) is 17.1. The molecule has 6 heteroatoms. The zero-order valence-corrected chi connectivity index (χ0v) is 9.26. The minimum absolute atomic E-state index is 0.0120. The van der Waals surface area contributed by atoms with E-state index in [0.717, 1.165) is 19.1 Å². The van der Waals surface area contributed by atoms with Gasteiger partial charge in [0.2, 0.25) is 0 Å². The number of carbonyl (C=O) groups excluding carboxylic acids is 1. The van der Waals surface area contributed by atoms with Crippen molar-refractivity contribution in [1.29, 1.82) is 0 Å².